The first kappa shape index (κ1) is 19.1. The minimum atomic E-state index is -3.74. The van der Waals surface area contributed by atoms with E-state index in [9.17, 15) is 13.6 Å². The summed E-state index contributed by atoms with van der Waals surface area (Å²) in [4.78, 5) is 29.6. The maximum atomic E-state index is 14.0. The first-order valence-corrected chi connectivity index (χ1v) is 10.1. The average molecular weight is 461 g/mol. The van der Waals surface area contributed by atoms with Crippen molar-refractivity contribution < 1.29 is 23.4 Å². The third-order valence-corrected chi connectivity index (χ3v) is 6.65. The topological polar surface area (TPSA) is 81.6 Å². The first-order chi connectivity index (χ1) is 12.3. The van der Waals surface area contributed by atoms with Crippen molar-refractivity contribution in [1.82, 2.24) is 0 Å². The minimum absolute atomic E-state index is 0.0743. The number of anilines is 2. The van der Waals surface area contributed by atoms with Gasteiger partial charge in [0.2, 0.25) is 8.38 Å². The van der Waals surface area contributed by atoms with Gasteiger partial charge < -0.3 is 20.4 Å². The molecule has 0 atom stereocenters. The molecule has 0 saturated carbocycles. The third kappa shape index (κ3) is 3.87. The summed E-state index contributed by atoms with van der Waals surface area (Å²) in [6.07, 6.45) is 0. The number of benzene rings is 2. The number of carbonyl (C=O) groups is 1. The van der Waals surface area contributed by atoms with Crippen molar-refractivity contribution in [2.24, 2.45) is 0 Å². The molecule has 136 valence electrons. The monoisotopic (exact) mass is 460 g/mol. The number of amides is 2. The van der Waals surface area contributed by atoms with E-state index in [1.165, 1.54) is 6.07 Å². The predicted octanol–water partition coefficient (Wildman–Crippen LogP) is 5.65. The minimum Gasteiger partial charge on any atom is -0.346 e. The Bertz CT molecular complexity index is 953. The third-order valence-electron chi connectivity index (χ3n) is 3.44. The molecule has 0 spiro atoms. The Morgan fingerprint density at radius 1 is 1.08 bits per heavy atom. The van der Waals surface area contributed by atoms with Gasteiger partial charge in [0.15, 0.2) is 0 Å². The van der Waals surface area contributed by atoms with Gasteiger partial charge in [0, 0.05) is 25.9 Å². The summed E-state index contributed by atoms with van der Waals surface area (Å²) in [5.74, 6) is 0. The summed E-state index contributed by atoms with van der Waals surface area (Å²) in [5.41, 5.74) is -2.71. The first-order valence-electron chi connectivity index (χ1n) is 7.20. The standard InChI is InChI=1S/C16H12BrF2N2O3PS/c17-13-11-8-10(21-15(22)20-9-4-2-1-3-5-9)6-7-12(11)26-14(13)16(18,19)25(23)24/h1-8,23-24H,(H2,20,21,22). The van der Waals surface area contributed by atoms with E-state index >= 15 is 0 Å². The lowest BCUT2D eigenvalue weighted by Crippen LogP contribution is -2.19. The number of nitrogens with one attached hydrogen (secondary N) is 2. The zero-order valence-corrected chi connectivity index (χ0v) is 16.2. The molecule has 5 nitrogen and oxygen atoms in total. The van der Waals surface area contributed by atoms with Gasteiger partial charge in [0.25, 0.3) is 0 Å². The van der Waals surface area contributed by atoms with Gasteiger partial charge in [-0.25, -0.2) is 4.79 Å². The summed E-state index contributed by atoms with van der Waals surface area (Å²) in [7, 11) is -3.46. The van der Waals surface area contributed by atoms with Crippen molar-refractivity contribution in [3.05, 3.63) is 57.9 Å². The van der Waals surface area contributed by atoms with Crippen molar-refractivity contribution >= 4 is 63.1 Å². The fraction of sp³-hybridized carbons (Fsp3) is 0.0625. The van der Waals surface area contributed by atoms with Crippen molar-refractivity contribution in [2.75, 3.05) is 10.6 Å². The van der Waals surface area contributed by atoms with E-state index in [0.717, 1.165) is 11.3 Å². The van der Waals surface area contributed by atoms with E-state index < -0.39 is 24.9 Å². The molecule has 0 aliphatic carbocycles. The largest absolute Gasteiger partial charge is 0.349 e. The second-order valence-electron chi connectivity index (χ2n) is 5.23. The molecule has 0 saturated heterocycles. The molecule has 2 amide bonds. The van der Waals surface area contributed by atoms with Crippen molar-refractivity contribution in [2.45, 2.75) is 5.66 Å². The highest BCUT2D eigenvalue weighted by molar-refractivity contribution is 9.10. The zero-order valence-electron chi connectivity index (χ0n) is 12.9. The van der Waals surface area contributed by atoms with Gasteiger partial charge >= 0.3 is 11.7 Å². The van der Waals surface area contributed by atoms with Crippen LogP contribution >= 0.6 is 35.6 Å². The number of para-hydroxylation sites is 1. The number of halogens is 3. The molecule has 3 aromatic rings. The number of carbonyl (C=O) groups excluding carboxylic acids is 1. The molecule has 0 radical (unpaired) electrons. The summed E-state index contributed by atoms with van der Waals surface area (Å²) in [6.45, 7) is 0. The van der Waals surface area contributed by atoms with Crippen LogP contribution < -0.4 is 10.6 Å². The molecular formula is C16H12BrF2N2O3PS. The number of hydrogen-bond donors (Lipinski definition) is 4. The molecule has 10 heteroatoms. The summed E-state index contributed by atoms with van der Waals surface area (Å²) < 4.78 is 28.5. The quantitative estimate of drug-likeness (QED) is 0.379. The number of hydrogen-bond acceptors (Lipinski definition) is 4. The number of alkyl halides is 2. The van der Waals surface area contributed by atoms with E-state index in [-0.39, 0.29) is 4.47 Å². The van der Waals surface area contributed by atoms with E-state index in [2.05, 4.69) is 26.6 Å². The molecule has 1 heterocycles. The van der Waals surface area contributed by atoms with Gasteiger partial charge in [-0.1, -0.05) is 18.2 Å². The van der Waals surface area contributed by atoms with Crippen LogP contribution in [0.3, 0.4) is 0 Å². The molecule has 0 fully saturated rings. The van der Waals surface area contributed by atoms with E-state index in [1.54, 1.807) is 36.4 Å². The lowest BCUT2D eigenvalue weighted by atomic mass is 10.2. The fourth-order valence-electron chi connectivity index (χ4n) is 2.24. The number of rotatable bonds is 4. The maximum Gasteiger partial charge on any atom is 0.349 e. The van der Waals surface area contributed by atoms with E-state index in [0.29, 0.717) is 21.5 Å². The lowest BCUT2D eigenvalue weighted by Gasteiger charge is -2.15. The molecule has 0 aliphatic heterocycles. The van der Waals surface area contributed by atoms with Crippen LogP contribution in [0, 0.1) is 0 Å². The van der Waals surface area contributed by atoms with Gasteiger partial charge in [0.1, 0.15) is 0 Å². The molecule has 0 aliphatic rings. The molecule has 3 rings (SSSR count). The van der Waals surface area contributed by atoms with Crippen molar-refractivity contribution in [3.8, 4) is 0 Å². The predicted molar refractivity (Wildman–Crippen MR) is 104 cm³/mol. The van der Waals surface area contributed by atoms with Crippen LogP contribution in [0.5, 0.6) is 0 Å². The summed E-state index contributed by atoms with van der Waals surface area (Å²) in [5, 5.41) is 5.73. The summed E-state index contributed by atoms with van der Waals surface area (Å²) >= 11 is 3.86. The number of thiophene rings is 1. The lowest BCUT2D eigenvalue weighted by molar-refractivity contribution is 0.0766. The van der Waals surface area contributed by atoms with Crippen LogP contribution in [0.25, 0.3) is 10.1 Å². The second-order valence-corrected chi connectivity index (χ2v) is 8.22. The van der Waals surface area contributed by atoms with Gasteiger partial charge in [-0.15, -0.1) is 11.3 Å². The smallest absolute Gasteiger partial charge is 0.346 e. The highest BCUT2D eigenvalue weighted by Gasteiger charge is 2.44. The van der Waals surface area contributed by atoms with Gasteiger partial charge in [-0.3, -0.25) is 0 Å². The highest BCUT2D eigenvalue weighted by Crippen LogP contribution is 2.57. The molecule has 2 aromatic carbocycles. The number of fused-ring (bicyclic) bond motifs is 1. The highest BCUT2D eigenvalue weighted by atomic mass is 79.9. The van der Waals surface area contributed by atoms with Gasteiger partial charge in [0.05, 0.1) is 4.88 Å². The zero-order chi connectivity index (χ0) is 18.9. The normalized spacial score (nSPS) is 11.8. The molecule has 1 aromatic heterocycles. The summed E-state index contributed by atoms with van der Waals surface area (Å²) in [6, 6.07) is 13.1. The molecule has 0 unspecified atom stereocenters. The van der Waals surface area contributed by atoms with Crippen LogP contribution in [-0.4, -0.2) is 15.8 Å². The average Bonchev–Trinajstić information content (AvgIpc) is 2.93. The Labute approximate surface area is 160 Å². The van der Waals surface area contributed by atoms with Crippen LogP contribution in [-0.2, 0) is 5.66 Å². The van der Waals surface area contributed by atoms with E-state index in [4.69, 9.17) is 9.79 Å². The molecule has 26 heavy (non-hydrogen) atoms. The van der Waals surface area contributed by atoms with Gasteiger partial charge in [-0.05, 0) is 46.3 Å². The van der Waals surface area contributed by atoms with Gasteiger partial charge in [-0.2, -0.15) is 8.78 Å². The Morgan fingerprint density at radius 2 is 1.73 bits per heavy atom. The maximum absolute atomic E-state index is 14.0. The Kier molecular flexibility index (Phi) is 5.55. The molecule has 0 bridgehead atoms. The van der Waals surface area contributed by atoms with Crippen molar-refractivity contribution in [3.63, 3.8) is 0 Å². The fourth-order valence-corrected chi connectivity index (χ4v) is 4.97. The SMILES string of the molecule is O=C(Nc1ccccc1)Nc1ccc2sc(C(F)(F)P(O)O)c(Br)c2c1. The molecular weight excluding hydrogens is 449 g/mol. The van der Waals surface area contributed by atoms with E-state index in [1.807, 2.05) is 6.07 Å². The Morgan fingerprint density at radius 3 is 2.38 bits per heavy atom. The van der Waals surface area contributed by atoms with Crippen LogP contribution in [0.2, 0.25) is 0 Å². The van der Waals surface area contributed by atoms with Crippen LogP contribution in [0.1, 0.15) is 4.88 Å². The van der Waals surface area contributed by atoms with Crippen molar-refractivity contribution in [1.29, 1.82) is 0 Å². The Hall–Kier alpha value is -1.64. The second kappa shape index (κ2) is 7.54. The number of urea groups is 1. The van der Waals surface area contributed by atoms with Crippen LogP contribution in [0.15, 0.2) is 53.0 Å². The molecule has 4 N–H and O–H groups in total. The van der Waals surface area contributed by atoms with Crippen LogP contribution in [0.4, 0.5) is 25.0 Å². The Balaban J connectivity index is 1.85.